The maximum atomic E-state index is 5.59. The molecule has 0 saturated carbocycles. The maximum Gasteiger partial charge on any atom is 0.248 e. The van der Waals surface area contributed by atoms with Gasteiger partial charge in [-0.15, -0.1) is 10.2 Å². The molecule has 0 amide bonds. The van der Waals surface area contributed by atoms with Crippen LogP contribution in [-0.2, 0) is 6.54 Å². The first kappa shape index (κ1) is 10.8. The van der Waals surface area contributed by atoms with Crippen molar-refractivity contribution in [3.63, 3.8) is 0 Å². The molecular weight excluding hydrogens is 202 g/mol. The van der Waals surface area contributed by atoms with Crippen LogP contribution in [-0.4, -0.2) is 17.2 Å². The van der Waals surface area contributed by atoms with Crippen LogP contribution >= 0.6 is 0 Å². The first-order chi connectivity index (χ1) is 7.72. The van der Waals surface area contributed by atoms with Gasteiger partial charge in [-0.05, 0) is 32.0 Å². The van der Waals surface area contributed by atoms with Crippen molar-refractivity contribution < 1.29 is 4.42 Å². The molecule has 0 aliphatic heterocycles. The van der Waals surface area contributed by atoms with Gasteiger partial charge in [0.25, 0.3) is 0 Å². The summed E-state index contributed by atoms with van der Waals surface area (Å²) in [5.41, 5.74) is 3.34. The number of hydrogen-bond acceptors (Lipinski definition) is 4. The zero-order chi connectivity index (χ0) is 11.5. The maximum absolute atomic E-state index is 5.59. The lowest BCUT2D eigenvalue weighted by atomic mass is 10.0. The van der Waals surface area contributed by atoms with Gasteiger partial charge in [0.2, 0.25) is 11.8 Å². The summed E-state index contributed by atoms with van der Waals surface area (Å²) < 4.78 is 5.59. The summed E-state index contributed by atoms with van der Waals surface area (Å²) in [6.07, 6.45) is 0. The van der Waals surface area contributed by atoms with Crippen LogP contribution in [0, 0.1) is 13.8 Å². The van der Waals surface area contributed by atoms with Crippen molar-refractivity contribution in [2.24, 2.45) is 0 Å². The SMILES string of the molecule is CNCc1nnc(-c2c(C)cccc2C)o1. The molecule has 1 aromatic carbocycles. The fraction of sp³-hybridized carbons (Fsp3) is 0.333. The Morgan fingerprint density at radius 2 is 1.88 bits per heavy atom. The third-order valence-corrected chi connectivity index (χ3v) is 2.49. The Morgan fingerprint density at radius 1 is 1.19 bits per heavy atom. The molecule has 0 atom stereocenters. The zero-order valence-corrected chi connectivity index (χ0v) is 9.74. The fourth-order valence-corrected chi connectivity index (χ4v) is 1.73. The van der Waals surface area contributed by atoms with Gasteiger partial charge in [0.15, 0.2) is 0 Å². The minimum Gasteiger partial charge on any atom is -0.419 e. The van der Waals surface area contributed by atoms with Crippen molar-refractivity contribution in [2.45, 2.75) is 20.4 Å². The average Bonchev–Trinajstić information content (AvgIpc) is 2.67. The molecule has 2 rings (SSSR count). The van der Waals surface area contributed by atoms with Crippen molar-refractivity contribution in [3.8, 4) is 11.5 Å². The van der Waals surface area contributed by atoms with Crippen LogP contribution in [0.4, 0.5) is 0 Å². The first-order valence-electron chi connectivity index (χ1n) is 5.26. The van der Waals surface area contributed by atoms with E-state index in [1.54, 1.807) is 0 Å². The van der Waals surface area contributed by atoms with Gasteiger partial charge in [-0.3, -0.25) is 0 Å². The van der Waals surface area contributed by atoms with E-state index >= 15 is 0 Å². The Bertz CT molecular complexity index is 471. The fourth-order valence-electron chi connectivity index (χ4n) is 1.73. The third kappa shape index (κ3) is 1.97. The molecule has 1 heterocycles. The van der Waals surface area contributed by atoms with Crippen LogP contribution in [0.5, 0.6) is 0 Å². The summed E-state index contributed by atoms with van der Waals surface area (Å²) in [7, 11) is 1.85. The normalized spacial score (nSPS) is 10.7. The predicted molar refractivity (Wildman–Crippen MR) is 62.0 cm³/mol. The standard InChI is InChI=1S/C12H15N3O/c1-8-5-4-6-9(2)11(8)12-15-14-10(16-12)7-13-3/h4-6,13H,7H2,1-3H3. The van der Waals surface area contributed by atoms with Gasteiger partial charge in [0, 0.05) is 5.56 Å². The molecule has 0 aliphatic rings. The molecule has 16 heavy (non-hydrogen) atoms. The molecule has 4 nitrogen and oxygen atoms in total. The van der Waals surface area contributed by atoms with Crippen molar-refractivity contribution in [2.75, 3.05) is 7.05 Å². The predicted octanol–water partition coefficient (Wildman–Crippen LogP) is 2.07. The number of benzene rings is 1. The van der Waals surface area contributed by atoms with Crippen molar-refractivity contribution in [3.05, 3.63) is 35.2 Å². The summed E-state index contributed by atoms with van der Waals surface area (Å²) in [5.74, 6) is 1.21. The van der Waals surface area contributed by atoms with Crippen molar-refractivity contribution >= 4 is 0 Å². The van der Waals surface area contributed by atoms with Crippen LogP contribution in [0.25, 0.3) is 11.5 Å². The van der Waals surface area contributed by atoms with E-state index in [1.807, 2.05) is 39.1 Å². The highest BCUT2D eigenvalue weighted by Crippen LogP contribution is 2.25. The molecule has 0 radical (unpaired) electrons. The number of aryl methyl sites for hydroxylation is 2. The second-order valence-corrected chi connectivity index (χ2v) is 3.80. The summed E-state index contributed by atoms with van der Waals surface area (Å²) in [6, 6.07) is 6.12. The van der Waals surface area contributed by atoms with Crippen LogP contribution in [0.15, 0.2) is 22.6 Å². The highest BCUT2D eigenvalue weighted by atomic mass is 16.4. The summed E-state index contributed by atoms with van der Waals surface area (Å²) in [5, 5.41) is 11.0. The van der Waals surface area contributed by atoms with Gasteiger partial charge < -0.3 is 9.73 Å². The topological polar surface area (TPSA) is 51.0 Å². The van der Waals surface area contributed by atoms with Crippen molar-refractivity contribution in [1.29, 1.82) is 0 Å². The van der Waals surface area contributed by atoms with Gasteiger partial charge in [-0.25, -0.2) is 0 Å². The molecular formula is C12H15N3O. The third-order valence-electron chi connectivity index (χ3n) is 2.49. The van der Waals surface area contributed by atoms with Gasteiger partial charge in [-0.2, -0.15) is 0 Å². The Hall–Kier alpha value is -1.68. The van der Waals surface area contributed by atoms with E-state index in [2.05, 4.69) is 15.5 Å². The smallest absolute Gasteiger partial charge is 0.248 e. The molecule has 4 heteroatoms. The largest absolute Gasteiger partial charge is 0.419 e. The van der Waals surface area contributed by atoms with E-state index in [1.165, 1.54) is 0 Å². The summed E-state index contributed by atoms with van der Waals surface area (Å²) in [4.78, 5) is 0. The van der Waals surface area contributed by atoms with Crippen LogP contribution in [0.2, 0.25) is 0 Å². The van der Waals surface area contributed by atoms with E-state index in [0.29, 0.717) is 18.3 Å². The number of nitrogens with zero attached hydrogens (tertiary/aromatic N) is 2. The lowest BCUT2D eigenvalue weighted by Crippen LogP contribution is -2.04. The highest BCUT2D eigenvalue weighted by Gasteiger charge is 2.12. The molecule has 1 N–H and O–H groups in total. The van der Waals surface area contributed by atoms with Gasteiger partial charge in [-0.1, -0.05) is 18.2 Å². The lowest BCUT2D eigenvalue weighted by molar-refractivity contribution is 0.490. The number of aromatic nitrogens is 2. The molecule has 2 aromatic rings. The number of rotatable bonds is 3. The molecule has 0 unspecified atom stereocenters. The van der Waals surface area contributed by atoms with Gasteiger partial charge in [0.1, 0.15) is 0 Å². The number of hydrogen-bond donors (Lipinski definition) is 1. The second-order valence-electron chi connectivity index (χ2n) is 3.80. The highest BCUT2D eigenvalue weighted by molar-refractivity contribution is 5.62. The van der Waals surface area contributed by atoms with E-state index < -0.39 is 0 Å². The lowest BCUT2D eigenvalue weighted by Gasteiger charge is -2.04. The van der Waals surface area contributed by atoms with Gasteiger partial charge in [0.05, 0.1) is 6.54 Å². The zero-order valence-electron chi connectivity index (χ0n) is 9.74. The molecule has 0 saturated heterocycles. The van der Waals surface area contributed by atoms with E-state index in [4.69, 9.17) is 4.42 Å². The summed E-state index contributed by atoms with van der Waals surface area (Å²) >= 11 is 0. The summed E-state index contributed by atoms with van der Waals surface area (Å²) in [6.45, 7) is 4.69. The Balaban J connectivity index is 2.42. The van der Waals surface area contributed by atoms with Gasteiger partial charge >= 0.3 is 0 Å². The minimum atomic E-state index is 0.595. The molecule has 0 bridgehead atoms. The molecule has 1 aromatic heterocycles. The second kappa shape index (κ2) is 4.45. The van der Waals surface area contributed by atoms with Crippen molar-refractivity contribution in [1.82, 2.24) is 15.5 Å². The molecule has 0 spiro atoms. The van der Waals surface area contributed by atoms with E-state index in [9.17, 15) is 0 Å². The van der Waals surface area contributed by atoms with Crippen LogP contribution in [0.1, 0.15) is 17.0 Å². The number of nitrogens with one attached hydrogen (secondary N) is 1. The van der Waals surface area contributed by atoms with E-state index in [-0.39, 0.29) is 0 Å². The monoisotopic (exact) mass is 217 g/mol. The quantitative estimate of drug-likeness (QED) is 0.855. The van der Waals surface area contributed by atoms with E-state index in [0.717, 1.165) is 16.7 Å². The minimum absolute atomic E-state index is 0.595. The Kier molecular flexibility index (Phi) is 3.01. The Labute approximate surface area is 94.7 Å². The molecule has 84 valence electrons. The Morgan fingerprint density at radius 3 is 2.50 bits per heavy atom. The average molecular weight is 217 g/mol. The molecule has 0 aliphatic carbocycles. The van der Waals surface area contributed by atoms with Crippen LogP contribution < -0.4 is 5.32 Å². The van der Waals surface area contributed by atoms with Crippen LogP contribution in [0.3, 0.4) is 0 Å². The molecule has 0 fully saturated rings. The first-order valence-corrected chi connectivity index (χ1v) is 5.26.